The summed E-state index contributed by atoms with van der Waals surface area (Å²) in [6.07, 6.45) is 6.32. The van der Waals surface area contributed by atoms with Gasteiger partial charge < -0.3 is 20.0 Å². The molecule has 0 unspecified atom stereocenters. The first-order valence-corrected chi connectivity index (χ1v) is 10.6. The molecule has 2 aliphatic heterocycles. The van der Waals surface area contributed by atoms with Gasteiger partial charge >= 0.3 is 6.09 Å². The first-order valence-electron chi connectivity index (χ1n) is 10.6. The third-order valence-corrected chi connectivity index (χ3v) is 6.89. The van der Waals surface area contributed by atoms with Crippen molar-refractivity contribution in [2.75, 3.05) is 29.9 Å². The number of amides is 2. The number of anilines is 2. The van der Waals surface area contributed by atoms with E-state index in [1.165, 1.54) is 0 Å². The van der Waals surface area contributed by atoms with Crippen LogP contribution in [0.3, 0.4) is 0 Å². The molecule has 3 N–H and O–H groups in total. The number of rotatable bonds is 3. The predicted molar refractivity (Wildman–Crippen MR) is 109 cm³/mol. The molecule has 29 heavy (non-hydrogen) atoms. The quantitative estimate of drug-likeness (QED) is 0.718. The van der Waals surface area contributed by atoms with E-state index in [0.29, 0.717) is 12.2 Å². The molecule has 3 aliphatic rings. The molecule has 158 valence electrons. The Bertz CT molecular complexity index is 793. The lowest BCUT2D eigenvalue weighted by atomic mass is 9.78. The molecule has 0 aromatic carbocycles. The number of hydrogen-bond acceptors (Lipinski definition) is 5. The van der Waals surface area contributed by atoms with Gasteiger partial charge in [0, 0.05) is 25.7 Å². The SMILES string of the molecule is Cc1cc(N2CCC[C@@]3(CCN([C@H]4CC[C@H](O)CC4)C3=O)C2)ncc1NC(=O)O. The van der Waals surface area contributed by atoms with Gasteiger partial charge in [-0.15, -0.1) is 0 Å². The summed E-state index contributed by atoms with van der Waals surface area (Å²) in [4.78, 5) is 33.0. The number of hydrogen-bond donors (Lipinski definition) is 3. The van der Waals surface area contributed by atoms with Gasteiger partial charge in [0.2, 0.25) is 5.91 Å². The minimum atomic E-state index is -1.11. The van der Waals surface area contributed by atoms with Gasteiger partial charge in [0.05, 0.1) is 23.4 Å². The van der Waals surface area contributed by atoms with Gasteiger partial charge in [0.25, 0.3) is 0 Å². The van der Waals surface area contributed by atoms with E-state index >= 15 is 0 Å². The first kappa shape index (κ1) is 19.9. The van der Waals surface area contributed by atoms with Gasteiger partial charge in [-0.3, -0.25) is 10.1 Å². The zero-order valence-electron chi connectivity index (χ0n) is 16.9. The van der Waals surface area contributed by atoms with E-state index in [9.17, 15) is 14.7 Å². The Morgan fingerprint density at radius 1 is 1.24 bits per heavy atom. The van der Waals surface area contributed by atoms with Crippen LogP contribution in [0.15, 0.2) is 12.3 Å². The Hall–Kier alpha value is -2.35. The van der Waals surface area contributed by atoms with Crippen LogP contribution in [-0.2, 0) is 4.79 Å². The van der Waals surface area contributed by atoms with Crippen molar-refractivity contribution in [2.45, 2.75) is 64.0 Å². The van der Waals surface area contributed by atoms with Crippen LogP contribution in [0, 0.1) is 12.3 Å². The minimum Gasteiger partial charge on any atom is -0.465 e. The van der Waals surface area contributed by atoms with E-state index in [2.05, 4.69) is 20.1 Å². The van der Waals surface area contributed by atoms with Gasteiger partial charge in [0.1, 0.15) is 5.82 Å². The molecule has 1 aromatic rings. The van der Waals surface area contributed by atoms with Crippen molar-refractivity contribution in [2.24, 2.45) is 5.41 Å². The number of aryl methyl sites for hydroxylation is 1. The third kappa shape index (κ3) is 3.90. The Balaban J connectivity index is 1.47. The Morgan fingerprint density at radius 2 is 2.00 bits per heavy atom. The predicted octanol–water partition coefficient (Wildman–Crippen LogP) is 2.60. The van der Waals surface area contributed by atoms with E-state index < -0.39 is 6.09 Å². The van der Waals surface area contributed by atoms with Gasteiger partial charge in [-0.2, -0.15) is 0 Å². The molecule has 3 heterocycles. The molecular weight excluding hydrogens is 372 g/mol. The maximum Gasteiger partial charge on any atom is 0.409 e. The Kier molecular flexibility index (Phi) is 5.38. The van der Waals surface area contributed by atoms with Crippen molar-refractivity contribution < 1.29 is 19.8 Å². The fourth-order valence-corrected chi connectivity index (χ4v) is 5.23. The molecule has 8 nitrogen and oxygen atoms in total. The number of aliphatic hydroxyl groups is 1. The Morgan fingerprint density at radius 3 is 2.69 bits per heavy atom. The summed E-state index contributed by atoms with van der Waals surface area (Å²) in [5.41, 5.74) is 0.953. The number of aliphatic hydroxyl groups excluding tert-OH is 1. The smallest absolute Gasteiger partial charge is 0.409 e. The number of carbonyl (C=O) groups is 2. The van der Waals surface area contributed by atoms with Crippen molar-refractivity contribution in [1.82, 2.24) is 9.88 Å². The largest absolute Gasteiger partial charge is 0.465 e. The number of nitrogens with one attached hydrogen (secondary N) is 1. The van der Waals surface area contributed by atoms with E-state index in [1.54, 1.807) is 6.20 Å². The van der Waals surface area contributed by atoms with Crippen LogP contribution in [0.1, 0.15) is 50.5 Å². The summed E-state index contributed by atoms with van der Waals surface area (Å²) < 4.78 is 0. The summed E-state index contributed by atoms with van der Waals surface area (Å²) >= 11 is 0. The molecular formula is C21H30N4O4. The molecule has 3 fully saturated rings. The number of piperidine rings is 1. The number of carboxylic acid groups (broad SMARTS) is 1. The Labute approximate surface area is 170 Å². The van der Waals surface area contributed by atoms with Crippen molar-refractivity contribution in [3.63, 3.8) is 0 Å². The summed E-state index contributed by atoms with van der Waals surface area (Å²) in [6.45, 7) is 4.18. The maximum absolute atomic E-state index is 13.4. The molecule has 1 spiro atoms. The molecule has 8 heteroatoms. The number of likely N-dealkylation sites (tertiary alicyclic amines) is 1. The molecule has 1 aromatic heterocycles. The minimum absolute atomic E-state index is 0.212. The number of nitrogens with zero attached hydrogens (tertiary/aromatic N) is 3. The van der Waals surface area contributed by atoms with Crippen LogP contribution >= 0.6 is 0 Å². The molecule has 2 amide bonds. The lowest BCUT2D eigenvalue weighted by Gasteiger charge is -2.41. The van der Waals surface area contributed by atoms with Gasteiger partial charge in [-0.05, 0) is 63.5 Å². The van der Waals surface area contributed by atoms with Crippen LogP contribution in [0.2, 0.25) is 0 Å². The summed E-state index contributed by atoms with van der Waals surface area (Å²) in [5.74, 6) is 1.06. The zero-order valence-corrected chi connectivity index (χ0v) is 16.9. The van der Waals surface area contributed by atoms with E-state index in [0.717, 1.165) is 69.4 Å². The summed E-state index contributed by atoms with van der Waals surface area (Å²) in [7, 11) is 0. The molecule has 0 radical (unpaired) electrons. The second kappa shape index (κ2) is 7.82. The third-order valence-electron chi connectivity index (χ3n) is 6.89. The van der Waals surface area contributed by atoms with Crippen LogP contribution in [-0.4, -0.2) is 63.9 Å². The molecule has 4 rings (SSSR count). The monoisotopic (exact) mass is 402 g/mol. The van der Waals surface area contributed by atoms with Crippen molar-refractivity contribution >= 4 is 23.5 Å². The number of aromatic nitrogens is 1. The van der Waals surface area contributed by atoms with E-state index in [4.69, 9.17) is 5.11 Å². The van der Waals surface area contributed by atoms with Gasteiger partial charge in [0.15, 0.2) is 0 Å². The highest BCUT2D eigenvalue weighted by molar-refractivity contribution is 5.86. The van der Waals surface area contributed by atoms with Crippen molar-refractivity contribution in [1.29, 1.82) is 0 Å². The highest BCUT2D eigenvalue weighted by Gasteiger charge is 2.50. The summed E-state index contributed by atoms with van der Waals surface area (Å²) in [5, 5.41) is 21.1. The normalized spacial score (nSPS) is 30.1. The van der Waals surface area contributed by atoms with Crippen molar-refractivity contribution in [3.8, 4) is 0 Å². The highest BCUT2D eigenvalue weighted by atomic mass is 16.4. The van der Waals surface area contributed by atoms with Crippen LogP contribution < -0.4 is 10.2 Å². The van der Waals surface area contributed by atoms with Crippen LogP contribution in [0.25, 0.3) is 0 Å². The molecule has 1 aliphatic carbocycles. The molecule has 1 atom stereocenters. The topological polar surface area (TPSA) is 106 Å². The second-order valence-corrected chi connectivity index (χ2v) is 8.80. The molecule has 1 saturated carbocycles. The second-order valence-electron chi connectivity index (χ2n) is 8.80. The summed E-state index contributed by atoms with van der Waals surface area (Å²) in [6, 6.07) is 2.16. The lowest BCUT2D eigenvalue weighted by Crippen LogP contribution is -2.50. The van der Waals surface area contributed by atoms with Crippen LogP contribution in [0.4, 0.5) is 16.3 Å². The van der Waals surface area contributed by atoms with Gasteiger partial charge in [-0.1, -0.05) is 0 Å². The standard InChI is InChI=1S/C21H30N4O4/c1-14-11-18(22-12-17(14)23-20(28)29)24-9-2-7-21(13-24)8-10-25(19(21)27)15-3-5-16(26)6-4-15/h11-12,15-16,23,26H,2-10,13H2,1H3,(H,28,29)/t15-,16-,21-/m1/s1. The number of carbonyl (C=O) groups excluding carboxylic acids is 1. The maximum atomic E-state index is 13.4. The van der Waals surface area contributed by atoms with Gasteiger partial charge in [-0.25, -0.2) is 9.78 Å². The first-order chi connectivity index (χ1) is 13.9. The highest BCUT2D eigenvalue weighted by Crippen LogP contribution is 2.43. The van der Waals surface area contributed by atoms with Crippen molar-refractivity contribution in [3.05, 3.63) is 17.8 Å². The zero-order chi connectivity index (χ0) is 20.6. The van der Waals surface area contributed by atoms with E-state index in [1.807, 2.05) is 13.0 Å². The molecule has 0 bridgehead atoms. The fourth-order valence-electron chi connectivity index (χ4n) is 5.23. The van der Waals surface area contributed by atoms with Crippen LogP contribution in [0.5, 0.6) is 0 Å². The molecule has 2 saturated heterocycles. The lowest BCUT2D eigenvalue weighted by molar-refractivity contribution is -0.139. The average Bonchev–Trinajstić information content (AvgIpc) is 3.00. The number of pyridine rings is 1. The average molecular weight is 402 g/mol. The fraction of sp³-hybridized carbons (Fsp3) is 0.667. The van der Waals surface area contributed by atoms with E-state index in [-0.39, 0.29) is 23.5 Å².